The SMILES string of the molecule is Cc1cc(/C=N/O)cc2c1OCO2. The highest BCUT2D eigenvalue weighted by Gasteiger charge is 2.16. The number of fused-ring (bicyclic) bond motifs is 1. The number of rotatable bonds is 1. The largest absolute Gasteiger partial charge is 0.454 e. The van der Waals surface area contributed by atoms with Gasteiger partial charge >= 0.3 is 0 Å². The zero-order valence-corrected chi connectivity index (χ0v) is 7.15. The van der Waals surface area contributed by atoms with Crippen LogP contribution in [0.5, 0.6) is 11.5 Å². The molecule has 0 atom stereocenters. The van der Waals surface area contributed by atoms with Crippen LogP contribution in [0.25, 0.3) is 0 Å². The molecule has 4 heteroatoms. The quantitative estimate of drug-likeness (QED) is 0.404. The standard InChI is InChI=1S/C9H9NO3/c1-6-2-7(4-10-11)3-8-9(6)13-5-12-8/h2-4,11H,5H2,1H3/b10-4+. The number of hydrogen-bond donors (Lipinski definition) is 1. The third-order valence-electron chi connectivity index (χ3n) is 1.89. The Balaban J connectivity index is 2.49. The molecular formula is C9H9NO3. The second kappa shape index (κ2) is 2.97. The van der Waals surface area contributed by atoms with E-state index in [4.69, 9.17) is 14.7 Å². The van der Waals surface area contributed by atoms with E-state index in [0.29, 0.717) is 5.75 Å². The molecule has 0 amide bonds. The molecule has 1 heterocycles. The predicted molar refractivity (Wildman–Crippen MR) is 46.7 cm³/mol. The van der Waals surface area contributed by atoms with Gasteiger partial charge in [0.2, 0.25) is 6.79 Å². The van der Waals surface area contributed by atoms with Crippen molar-refractivity contribution < 1.29 is 14.7 Å². The number of ether oxygens (including phenoxy) is 2. The van der Waals surface area contributed by atoms with Crippen LogP contribution < -0.4 is 9.47 Å². The molecule has 0 unspecified atom stereocenters. The number of oxime groups is 1. The minimum absolute atomic E-state index is 0.260. The lowest BCUT2D eigenvalue weighted by atomic mass is 10.1. The van der Waals surface area contributed by atoms with E-state index in [-0.39, 0.29) is 6.79 Å². The number of hydrogen-bond acceptors (Lipinski definition) is 4. The second-order valence-corrected chi connectivity index (χ2v) is 2.82. The summed E-state index contributed by atoms with van der Waals surface area (Å²) in [4.78, 5) is 0. The van der Waals surface area contributed by atoms with Gasteiger partial charge in [0.05, 0.1) is 6.21 Å². The van der Waals surface area contributed by atoms with Crippen molar-refractivity contribution in [1.29, 1.82) is 0 Å². The third-order valence-corrected chi connectivity index (χ3v) is 1.89. The molecule has 0 aromatic heterocycles. The summed E-state index contributed by atoms with van der Waals surface area (Å²) in [7, 11) is 0. The summed E-state index contributed by atoms with van der Waals surface area (Å²) >= 11 is 0. The van der Waals surface area contributed by atoms with E-state index in [0.717, 1.165) is 16.9 Å². The van der Waals surface area contributed by atoms with Crippen LogP contribution in [0.3, 0.4) is 0 Å². The van der Waals surface area contributed by atoms with Gasteiger partial charge in [-0.3, -0.25) is 0 Å². The zero-order valence-electron chi connectivity index (χ0n) is 7.15. The average molecular weight is 179 g/mol. The molecule has 1 aromatic carbocycles. The Bertz CT molecular complexity index is 360. The van der Waals surface area contributed by atoms with Crippen molar-refractivity contribution in [3.63, 3.8) is 0 Å². The van der Waals surface area contributed by atoms with E-state index in [1.54, 1.807) is 6.07 Å². The van der Waals surface area contributed by atoms with Crippen molar-refractivity contribution in [1.82, 2.24) is 0 Å². The molecule has 13 heavy (non-hydrogen) atoms. The fourth-order valence-corrected chi connectivity index (χ4v) is 1.35. The molecule has 0 saturated heterocycles. The predicted octanol–water partition coefficient (Wildman–Crippen LogP) is 1.53. The summed E-state index contributed by atoms with van der Waals surface area (Å²) < 4.78 is 10.4. The maximum atomic E-state index is 8.36. The molecule has 4 nitrogen and oxygen atoms in total. The minimum Gasteiger partial charge on any atom is -0.454 e. The van der Waals surface area contributed by atoms with Crippen molar-refractivity contribution in [2.75, 3.05) is 6.79 Å². The molecule has 1 aromatic rings. The van der Waals surface area contributed by atoms with E-state index in [1.165, 1.54) is 6.21 Å². The first kappa shape index (κ1) is 7.91. The van der Waals surface area contributed by atoms with E-state index in [1.807, 2.05) is 13.0 Å². The summed E-state index contributed by atoms with van der Waals surface area (Å²) in [5.41, 5.74) is 1.77. The van der Waals surface area contributed by atoms with Gasteiger partial charge in [-0.2, -0.15) is 0 Å². The van der Waals surface area contributed by atoms with Gasteiger partial charge in [-0.25, -0.2) is 0 Å². The Kier molecular flexibility index (Phi) is 1.81. The lowest BCUT2D eigenvalue weighted by Gasteiger charge is -2.01. The van der Waals surface area contributed by atoms with Crippen LogP contribution in [-0.2, 0) is 0 Å². The van der Waals surface area contributed by atoms with E-state index in [9.17, 15) is 0 Å². The Morgan fingerprint density at radius 1 is 1.46 bits per heavy atom. The van der Waals surface area contributed by atoms with Gasteiger partial charge in [0, 0.05) is 5.56 Å². The van der Waals surface area contributed by atoms with Crippen LogP contribution in [0.4, 0.5) is 0 Å². The molecule has 0 fully saturated rings. The van der Waals surface area contributed by atoms with Gasteiger partial charge in [-0.15, -0.1) is 0 Å². The molecule has 68 valence electrons. The smallest absolute Gasteiger partial charge is 0.231 e. The first-order chi connectivity index (χ1) is 6.31. The first-order valence-electron chi connectivity index (χ1n) is 3.89. The van der Waals surface area contributed by atoms with Crippen LogP contribution in [0.2, 0.25) is 0 Å². The lowest BCUT2D eigenvalue weighted by Crippen LogP contribution is -1.93. The molecular weight excluding hydrogens is 170 g/mol. The summed E-state index contributed by atoms with van der Waals surface area (Å²) in [5.74, 6) is 1.48. The normalized spacial score (nSPS) is 13.9. The fourth-order valence-electron chi connectivity index (χ4n) is 1.35. The summed E-state index contributed by atoms with van der Waals surface area (Å²) in [5, 5.41) is 11.3. The molecule has 1 aliphatic heterocycles. The molecule has 1 N–H and O–H groups in total. The first-order valence-corrected chi connectivity index (χ1v) is 3.89. The fraction of sp³-hybridized carbons (Fsp3) is 0.222. The monoisotopic (exact) mass is 179 g/mol. The number of nitrogens with zero attached hydrogens (tertiary/aromatic N) is 1. The van der Waals surface area contributed by atoms with Crippen molar-refractivity contribution >= 4 is 6.21 Å². The minimum atomic E-state index is 0.260. The maximum Gasteiger partial charge on any atom is 0.231 e. The Morgan fingerprint density at radius 3 is 3.08 bits per heavy atom. The van der Waals surface area contributed by atoms with Gasteiger partial charge in [0.15, 0.2) is 11.5 Å². The van der Waals surface area contributed by atoms with Crippen LogP contribution in [0.1, 0.15) is 11.1 Å². The van der Waals surface area contributed by atoms with Crippen LogP contribution in [-0.4, -0.2) is 18.2 Å². The lowest BCUT2D eigenvalue weighted by molar-refractivity contribution is 0.173. The van der Waals surface area contributed by atoms with Gasteiger partial charge in [0.25, 0.3) is 0 Å². The molecule has 0 saturated carbocycles. The molecule has 0 radical (unpaired) electrons. The molecule has 1 aliphatic rings. The Labute approximate surface area is 75.4 Å². The average Bonchev–Trinajstić information content (AvgIpc) is 2.53. The van der Waals surface area contributed by atoms with Gasteiger partial charge in [-0.05, 0) is 24.6 Å². The topological polar surface area (TPSA) is 51.1 Å². The van der Waals surface area contributed by atoms with Crippen molar-refractivity contribution in [2.24, 2.45) is 5.16 Å². The zero-order chi connectivity index (χ0) is 9.26. The Morgan fingerprint density at radius 2 is 2.31 bits per heavy atom. The molecule has 0 aliphatic carbocycles. The second-order valence-electron chi connectivity index (χ2n) is 2.82. The van der Waals surface area contributed by atoms with Crippen LogP contribution in [0, 0.1) is 6.92 Å². The van der Waals surface area contributed by atoms with E-state index >= 15 is 0 Å². The van der Waals surface area contributed by atoms with Crippen LogP contribution in [0.15, 0.2) is 17.3 Å². The van der Waals surface area contributed by atoms with Crippen molar-refractivity contribution in [3.8, 4) is 11.5 Å². The molecule has 0 bridgehead atoms. The number of aryl methyl sites for hydroxylation is 1. The third kappa shape index (κ3) is 1.30. The summed E-state index contributed by atoms with van der Waals surface area (Å²) in [6.07, 6.45) is 1.36. The Hall–Kier alpha value is -1.71. The number of benzene rings is 1. The molecule has 0 spiro atoms. The summed E-state index contributed by atoms with van der Waals surface area (Å²) in [6.45, 7) is 2.18. The van der Waals surface area contributed by atoms with E-state index in [2.05, 4.69) is 5.16 Å². The van der Waals surface area contributed by atoms with E-state index < -0.39 is 0 Å². The van der Waals surface area contributed by atoms with Gasteiger partial charge in [0.1, 0.15) is 0 Å². The summed E-state index contributed by atoms with van der Waals surface area (Å²) in [6, 6.07) is 3.64. The molecule has 2 rings (SSSR count). The van der Waals surface area contributed by atoms with Crippen molar-refractivity contribution in [3.05, 3.63) is 23.3 Å². The highest BCUT2D eigenvalue weighted by molar-refractivity contribution is 5.81. The highest BCUT2D eigenvalue weighted by atomic mass is 16.7. The van der Waals surface area contributed by atoms with Gasteiger partial charge in [-0.1, -0.05) is 5.16 Å². The van der Waals surface area contributed by atoms with Crippen molar-refractivity contribution in [2.45, 2.75) is 6.92 Å². The van der Waals surface area contributed by atoms with Crippen LogP contribution >= 0.6 is 0 Å². The highest BCUT2D eigenvalue weighted by Crippen LogP contribution is 2.35. The van der Waals surface area contributed by atoms with Gasteiger partial charge < -0.3 is 14.7 Å². The maximum absolute atomic E-state index is 8.36.